The van der Waals surface area contributed by atoms with Crippen LogP contribution in [0.5, 0.6) is 0 Å². The highest BCUT2D eigenvalue weighted by molar-refractivity contribution is 6.30. The molecule has 1 heterocycles. The first kappa shape index (κ1) is 20.4. The monoisotopic (exact) mass is 424 g/mol. The van der Waals surface area contributed by atoms with Gasteiger partial charge in [0.05, 0.1) is 11.0 Å². The van der Waals surface area contributed by atoms with Gasteiger partial charge in [-0.1, -0.05) is 36.6 Å². The van der Waals surface area contributed by atoms with Crippen LogP contribution in [-0.2, 0) is 17.8 Å². The lowest BCUT2D eigenvalue weighted by Crippen LogP contribution is -2.35. The molecule has 2 N–H and O–H groups in total. The fraction of sp³-hybridized carbons (Fsp3) is 0.348. The highest BCUT2D eigenvalue weighted by Crippen LogP contribution is 2.19. The molecule has 6 nitrogen and oxygen atoms in total. The molecule has 4 rings (SSSR count). The number of carbonyl (C=O) groups excluding carboxylic acids is 2. The van der Waals surface area contributed by atoms with Gasteiger partial charge in [0.25, 0.3) is 5.91 Å². The molecule has 1 fully saturated rings. The summed E-state index contributed by atoms with van der Waals surface area (Å²) in [4.78, 5) is 29.6. The fourth-order valence-electron chi connectivity index (χ4n) is 3.97. The number of para-hydroxylation sites is 2. The Labute approximate surface area is 180 Å². The van der Waals surface area contributed by atoms with E-state index in [2.05, 4.69) is 10.6 Å². The van der Waals surface area contributed by atoms with E-state index >= 15 is 0 Å². The largest absolute Gasteiger partial charge is 0.352 e. The third-order valence-electron chi connectivity index (χ3n) is 5.50. The Morgan fingerprint density at radius 3 is 2.57 bits per heavy atom. The maximum Gasteiger partial charge on any atom is 0.251 e. The van der Waals surface area contributed by atoms with E-state index in [0.29, 0.717) is 23.6 Å². The molecule has 0 spiro atoms. The quantitative estimate of drug-likeness (QED) is 0.606. The average Bonchev–Trinajstić information content (AvgIpc) is 3.37. The van der Waals surface area contributed by atoms with Crippen LogP contribution in [0.1, 0.15) is 41.9 Å². The zero-order valence-corrected chi connectivity index (χ0v) is 17.5. The van der Waals surface area contributed by atoms with E-state index in [1.54, 1.807) is 24.3 Å². The van der Waals surface area contributed by atoms with Gasteiger partial charge in [-0.15, -0.1) is 0 Å². The second-order valence-electron chi connectivity index (χ2n) is 7.66. The van der Waals surface area contributed by atoms with Crippen molar-refractivity contribution in [2.24, 2.45) is 0 Å². The van der Waals surface area contributed by atoms with Crippen molar-refractivity contribution in [3.63, 3.8) is 0 Å². The van der Waals surface area contributed by atoms with Gasteiger partial charge in [-0.25, -0.2) is 4.98 Å². The normalized spacial score (nSPS) is 14.2. The van der Waals surface area contributed by atoms with Crippen molar-refractivity contribution in [3.8, 4) is 0 Å². The van der Waals surface area contributed by atoms with Crippen molar-refractivity contribution >= 4 is 34.4 Å². The number of amides is 2. The molecular formula is C23H25ClN4O2. The maximum atomic E-state index is 12.6. The second kappa shape index (κ2) is 9.30. The first-order valence-corrected chi connectivity index (χ1v) is 10.8. The van der Waals surface area contributed by atoms with E-state index in [0.717, 1.165) is 29.7 Å². The number of rotatable bonds is 7. The topological polar surface area (TPSA) is 76.0 Å². The standard InChI is InChI=1S/C23H25ClN4O2/c24-17-11-9-16(10-12-17)23(30)25-14-13-21-27-19-7-3-4-8-20(19)28(21)15-22(29)26-18-5-1-2-6-18/h3-4,7-12,18H,1-2,5-6,13-15H2,(H,25,30)(H,26,29). The average molecular weight is 425 g/mol. The first-order chi connectivity index (χ1) is 14.6. The van der Waals surface area contributed by atoms with Gasteiger partial charge < -0.3 is 15.2 Å². The molecule has 1 aromatic heterocycles. The zero-order valence-electron chi connectivity index (χ0n) is 16.7. The van der Waals surface area contributed by atoms with Crippen LogP contribution < -0.4 is 10.6 Å². The van der Waals surface area contributed by atoms with Crippen LogP contribution in [0.2, 0.25) is 5.02 Å². The number of halogens is 1. The molecule has 0 bridgehead atoms. The van der Waals surface area contributed by atoms with Gasteiger partial charge in [0, 0.05) is 29.6 Å². The number of nitrogens with zero attached hydrogens (tertiary/aromatic N) is 2. The number of hydrogen-bond donors (Lipinski definition) is 2. The minimum atomic E-state index is -0.159. The summed E-state index contributed by atoms with van der Waals surface area (Å²) < 4.78 is 1.95. The molecule has 0 unspecified atom stereocenters. The van der Waals surface area contributed by atoms with E-state index in [-0.39, 0.29) is 24.4 Å². The molecule has 2 aromatic carbocycles. The van der Waals surface area contributed by atoms with Crippen LogP contribution in [-0.4, -0.2) is 34.0 Å². The van der Waals surface area contributed by atoms with Gasteiger partial charge >= 0.3 is 0 Å². The van der Waals surface area contributed by atoms with E-state index in [1.165, 1.54) is 12.8 Å². The molecule has 0 saturated heterocycles. The molecule has 30 heavy (non-hydrogen) atoms. The molecule has 7 heteroatoms. The Balaban J connectivity index is 1.43. The van der Waals surface area contributed by atoms with Gasteiger partial charge in [0.2, 0.25) is 5.91 Å². The van der Waals surface area contributed by atoms with Crippen molar-refractivity contribution < 1.29 is 9.59 Å². The second-order valence-corrected chi connectivity index (χ2v) is 8.10. The van der Waals surface area contributed by atoms with Crippen molar-refractivity contribution in [1.82, 2.24) is 20.2 Å². The summed E-state index contributed by atoms with van der Waals surface area (Å²) in [5, 5.41) is 6.65. The lowest BCUT2D eigenvalue weighted by Gasteiger charge is -2.14. The van der Waals surface area contributed by atoms with Crippen LogP contribution in [0.15, 0.2) is 48.5 Å². The Morgan fingerprint density at radius 2 is 1.80 bits per heavy atom. The lowest BCUT2D eigenvalue weighted by atomic mass is 10.2. The molecular weight excluding hydrogens is 400 g/mol. The van der Waals surface area contributed by atoms with E-state index in [9.17, 15) is 9.59 Å². The Kier molecular flexibility index (Phi) is 6.33. The molecule has 3 aromatic rings. The summed E-state index contributed by atoms with van der Waals surface area (Å²) in [6.07, 6.45) is 5.00. The molecule has 156 valence electrons. The summed E-state index contributed by atoms with van der Waals surface area (Å²) in [7, 11) is 0. The Morgan fingerprint density at radius 1 is 1.07 bits per heavy atom. The molecule has 0 atom stereocenters. The van der Waals surface area contributed by atoms with Crippen molar-refractivity contribution in [1.29, 1.82) is 0 Å². The van der Waals surface area contributed by atoms with Gasteiger partial charge in [-0.05, 0) is 49.2 Å². The summed E-state index contributed by atoms with van der Waals surface area (Å²) in [5.74, 6) is 0.638. The first-order valence-electron chi connectivity index (χ1n) is 10.4. The fourth-order valence-corrected chi connectivity index (χ4v) is 4.10. The van der Waals surface area contributed by atoms with Crippen LogP contribution in [0.4, 0.5) is 0 Å². The van der Waals surface area contributed by atoms with Crippen LogP contribution in [0.3, 0.4) is 0 Å². The lowest BCUT2D eigenvalue weighted by molar-refractivity contribution is -0.122. The van der Waals surface area contributed by atoms with E-state index < -0.39 is 0 Å². The molecule has 0 aliphatic heterocycles. The van der Waals surface area contributed by atoms with E-state index in [1.807, 2.05) is 28.8 Å². The Bertz CT molecular complexity index is 1040. The number of carbonyl (C=O) groups is 2. The SMILES string of the molecule is O=C(Cn1c(CCNC(=O)c2ccc(Cl)cc2)nc2ccccc21)NC1CCCC1. The summed E-state index contributed by atoms with van der Waals surface area (Å²) in [5.41, 5.74) is 2.34. The highest BCUT2D eigenvalue weighted by Gasteiger charge is 2.19. The predicted octanol–water partition coefficient (Wildman–Crippen LogP) is 3.72. The van der Waals surface area contributed by atoms with Gasteiger partial charge in [-0.3, -0.25) is 9.59 Å². The smallest absolute Gasteiger partial charge is 0.251 e. The predicted molar refractivity (Wildman–Crippen MR) is 118 cm³/mol. The maximum absolute atomic E-state index is 12.6. The summed E-state index contributed by atoms with van der Waals surface area (Å²) >= 11 is 5.88. The molecule has 1 aliphatic carbocycles. The van der Waals surface area contributed by atoms with Gasteiger partial charge in [0.15, 0.2) is 0 Å². The number of benzene rings is 2. The van der Waals surface area contributed by atoms with Gasteiger partial charge in [0.1, 0.15) is 12.4 Å². The van der Waals surface area contributed by atoms with Crippen molar-refractivity contribution in [2.75, 3.05) is 6.54 Å². The minimum Gasteiger partial charge on any atom is -0.352 e. The molecule has 1 aliphatic rings. The van der Waals surface area contributed by atoms with Crippen molar-refractivity contribution in [3.05, 3.63) is 64.9 Å². The van der Waals surface area contributed by atoms with Crippen LogP contribution in [0, 0.1) is 0 Å². The molecule has 2 amide bonds. The minimum absolute atomic E-state index is 0.0107. The highest BCUT2D eigenvalue weighted by atomic mass is 35.5. The van der Waals surface area contributed by atoms with Crippen LogP contribution in [0.25, 0.3) is 11.0 Å². The van der Waals surface area contributed by atoms with E-state index in [4.69, 9.17) is 16.6 Å². The molecule has 1 saturated carbocycles. The Hall–Kier alpha value is -2.86. The zero-order chi connectivity index (χ0) is 20.9. The number of fused-ring (bicyclic) bond motifs is 1. The number of nitrogens with one attached hydrogen (secondary N) is 2. The summed E-state index contributed by atoms with van der Waals surface area (Å²) in [6, 6.07) is 14.9. The van der Waals surface area contributed by atoms with Crippen molar-refractivity contribution in [2.45, 2.75) is 44.7 Å². The molecule has 0 radical (unpaired) electrons. The van der Waals surface area contributed by atoms with Gasteiger partial charge in [-0.2, -0.15) is 0 Å². The third kappa shape index (κ3) is 4.82. The third-order valence-corrected chi connectivity index (χ3v) is 5.75. The number of hydrogen-bond acceptors (Lipinski definition) is 3. The number of imidazole rings is 1. The van der Waals surface area contributed by atoms with Crippen LogP contribution >= 0.6 is 11.6 Å². The number of aromatic nitrogens is 2. The summed E-state index contributed by atoms with van der Waals surface area (Å²) in [6.45, 7) is 0.659.